The highest BCUT2D eigenvalue weighted by molar-refractivity contribution is 5.94. The molecule has 1 aromatic heterocycles. The topological polar surface area (TPSA) is 42.0 Å². The van der Waals surface area contributed by atoms with Gasteiger partial charge in [-0.1, -0.05) is 39.0 Å². The maximum atomic E-state index is 12.5. The molecule has 3 rings (SSSR count). The molecule has 0 saturated heterocycles. The van der Waals surface area contributed by atoms with E-state index in [1.165, 1.54) is 0 Å². The van der Waals surface area contributed by atoms with Crippen LogP contribution < -0.4 is 5.32 Å². The minimum absolute atomic E-state index is 0.139. The molecule has 0 bridgehead atoms. The molecule has 1 fully saturated rings. The lowest BCUT2D eigenvalue weighted by Crippen LogP contribution is -2.31. The highest BCUT2D eigenvalue weighted by Crippen LogP contribution is 2.40. The van der Waals surface area contributed by atoms with Crippen molar-refractivity contribution in [1.82, 2.24) is 4.98 Å². The normalized spacial score (nSPS) is 22.0. The van der Waals surface area contributed by atoms with Gasteiger partial charge in [-0.25, -0.2) is 0 Å². The standard InChI is InChI=1S/C20H26N2O/c1-20(2,3)16-10-8-14(9-11-16)19(23)22-17-12-15-6-4-5-7-18(15)21-13-17/h4-7,12-14,16H,8-11H2,1-3H3,(H,22,23). The monoisotopic (exact) mass is 310 g/mol. The lowest BCUT2D eigenvalue weighted by atomic mass is 9.69. The van der Waals surface area contributed by atoms with Crippen molar-refractivity contribution in [1.29, 1.82) is 0 Å². The number of nitrogens with one attached hydrogen (secondary N) is 1. The summed E-state index contributed by atoms with van der Waals surface area (Å²) in [7, 11) is 0. The predicted molar refractivity (Wildman–Crippen MR) is 95.3 cm³/mol. The van der Waals surface area contributed by atoms with Gasteiger partial charge in [0.2, 0.25) is 5.91 Å². The van der Waals surface area contributed by atoms with E-state index in [1.807, 2.05) is 30.3 Å². The van der Waals surface area contributed by atoms with E-state index in [2.05, 4.69) is 31.1 Å². The SMILES string of the molecule is CC(C)(C)C1CCC(C(=O)Nc2cnc3ccccc3c2)CC1. The minimum Gasteiger partial charge on any atom is -0.324 e. The summed E-state index contributed by atoms with van der Waals surface area (Å²) in [4.78, 5) is 16.9. The number of rotatable bonds is 2. The number of benzene rings is 1. The van der Waals surface area contributed by atoms with Crippen molar-refractivity contribution in [3.8, 4) is 0 Å². The van der Waals surface area contributed by atoms with Crippen molar-refractivity contribution in [3.05, 3.63) is 36.5 Å². The molecule has 0 atom stereocenters. The second kappa shape index (κ2) is 6.31. The molecule has 1 aliphatic rings. The van der Waals surface area contributed by atoms with E-state index in [1.54, 1.807) is 6.20 Å². The average Bonchev–Trinajstić information content (AvgIpc) is 2.54. The molecule has 0 unspecified atom stereocenters. The molecule has 1 saturated carbocycles. The Balaban J connectivity index is 1.63. The van der Waals surface area contributed by atoms with Gasteiger partial charge in [0.05, 0.1) is 17.4 Å². The van der Waals surface area contributed by atoms with Gasteiger partial charge in [0.25, 0.3) is 0 Å². The van der Waals surface area contributed by atoms with Crippen LogP contribution in [0.3, 0.4) is 0 Å². The first-order valence-electron chi connectivity index (χ1n) is 8.59. The third kappa shape index (κ3) is 3.72. The molecule has 1 heterocycles. The molecule has 0 aliphatic heterocycles. The van der Waals surface area contributed by atoms with Crippen LogP contribution in [0.1, 0.15) is 46.5 Å². The fraction of sp³-hybridized carbons (Fsp3) is 0.500. The third-order valence-electron chi connectivity index (χ3n) is 5.18. The fourth-order valence-electron chi connectivity index (χ4n) is 3.61. The first-order chi connectivity index (χ1) is 10.9. The number of para-hydroxylation sites is 1. The van der Waals surface area contributed by atoms with Gasteiger partial charge in [-0.15, -0.1) is 0 Å². The first kappa shape index (κ1) is 16.0. The lowest BCUT2D eigenvalue weighted by molar-refractivity contribution is -0.121. The smallest absolute Gasteiger partial charge is 0.227 e. The van der Waals surface area contributed by atoms with E-state index in [0.29, 0.717) is 5.41 Å². The minimum atomic E-state index is 0.139. The van der Waals surface area contributed by atoms with Crippen molar-refractivity contribution in [2.75, 3.05) is 5.32 Å². The van der Waals surface area contributed by atoms with Gasteiger partial charge in [0.1, 0.15) is 0 Å². The van der Waals surface area contributed by atoms with Crippen LogP contribution in [0.25, 0.3) is 10.9 Å². The molecule has 1 aromatic carbocycles. The summed E-state index contributed by atoms with van der Waals surface area (Å²) in [6, 6.07) is 9.97. The Morgan fingerprint density at radius 1 is 1.13 bits per heavy atom. The number of hydrogen-bond acceptors (Lipinski definition) is 2. The van der Waals surface area contributed by atoms with E-state index < -0.39 is 0 Å². The Kier molecular flexibility index (Phi) is 4.38. The van der Waals surface area contributed by atoms with Gasteiger partial charge in [-0.2, -0.15) is 0 Å². The molecule has 3 nitrogen and oxygen atoms in total. The lowest BCUT2D eigenvalue weighted by Gasteiger charge is -2.36. The molecule has 3 heteroatoms. The highest BCUT2D eigenvalue weighted by atomic mass is 16.1. The summed E-state index contributed by atoms with van der Waals surface area (Å²) in [5.74, 6) is 1.02. The number of hydrogen-bond donors (Lipinski definition) is 1. The van der Waals surface area contributed by atoms with Crippen molar-refractivity contribution in [3.63, 3.8) is 0 Å². The Labute approximate surface area is 138 Å². The summed E-state index contributed by atoms with van der Waals surface area (Å²) >= 11 is 0. The van der Waals surface area contributed by atoms with E-state index >= 15 is 0 Å². The zero-order valence-corrected chi connectivity index (χ0v) is 14.3. The van der Waals surface area contributed by atoms with E-state index in [4.69, 9.17) is 0 Å². The molecule has 122 valence electrons. The molecular weight excluding hydrogens is 284 g/mol. The van der Waals surface area contributed by atoms with Crippen LogP contribution >= 0.6 is 0 Å². The van der Waals surface area contributed by atoms with Gasteiger partial charge in [0.15, 0.2) is 0 Å². The van der Waals surface area contributed by atoms with Gasteiger partial charge < -0.3 is 5.32 Å². The molecular formula is C20H26N2O. The largest absolute Gasteiger partial charge is 0.324 e. The molecule has 0 radical (unpaired) electrons. The maximum absolute atomic E-state index is 12.5. The van der Waals surface area contributed by atoms with E-state index in [0.717, 1.165) is 48.2 Å². The van der Waals surface area contributed by atoms with Crippen molar-refractivity contribution in [2.24, 2.45) is 17.3 Å². The molecule has 0 spiro atoms. The summed E-state index contributed by atoms with van der Waals surface area (Å²) in [5.41, 5.74) is 2.10. The Hall–Kier alpha value is -1.90. The number of aromatic nitrogens is 1. The summed E-state index contributed by atoms with van der Waals surface area (Å²) in [6.45, 7) is 6.91. The van der Waals surface area contributed by atoms with E-state index in [9.17, 15) is 4.79 Å². The molecule has 1 amide bonds. The number of amides is 1. The van der Waals surface area contributed by atoms with Crippen LogP contribution in [0.2, 0.25) is 0 Å². The van der Waals surface area contributed by atoms with Crippen molar-refractivity contribution in [2.45, 2.75) is 46.5 Å². The molecule has 23 heavy (non-hydrogen) atoms. The zero-order valence-electron chi connectivity index (χ0n) is 14.3. The quantitative estimate of drug-likeness (QED) is 0.845. The highest BCUT2D eigenvalue weighted by Gasteiger charge is 2.32. The second-order valence-electron chi connectivity index (χ2n) is 7.82. The number of anilines is 1. The van der Waals surface area contributed by atoms with Crippen LogP contribution in [0.4, 0.5) is 5.69 Å². The number of fused-ring (bicyclic) bond motifs is 1. The van der Waals surface area contributed by atoms with Crippen LogP contribution in [-0.2, 0) is 4.79 Å². The Morgan fingerprint density at radius 3 is 2.52 bits per heavy atom. The molecule has 2 aromatic rings. The van der Waals surface area contributed by atoms with E-state index in [-0.39, 0.29) is 11.8 Å². The van der Waals surface area contributed by atoms with Crippen molar-refractivity contribution < 1.29 is 4.79 Å². The predicted octanol–water partition coefficient (Wildman–Crippen LogP) is 5.03. The van der Waals surface area contributed by atoms with Gasteiger partial charge in [-0.3, -0.25) is 9.78 Å². The second-order valence-corrected chi connectivity index (χ2v) is 7.82. The number of nitrogens with zero attached hydrogens (tertiary/aromatic N) is 1. The number of carbonyl (C=O) groups excluding carboxylic acids is 1. The van der Waals surface area contributed by atoms with Gasteiger partial charge in [0, 0.05) is 11.3 Å². The average molecular weight is 310 g/mol. The van der Waals surface area contributed by atoms with Crippen LogP contribution in [0.15, 0.2) is 36.5 Å². The van der Waals surface area contributed by atoms with Crippen LogP contribution in [-0.4, -0.2) is 10.9 Å². The third-order valence-corrected chi connectivity index (χ3v) is 5.18. The Morgan fingerprint density at radius 2 is 1.83 bits per heavy atom. The molecule has 1 aliphatic carbocycles. The fourth-order valence-corrected chi connectivity index (χ4v) is 3.61. The zero-order chi connectivity index (χ0) is 16.4. The van der Waals surface area contributed by atoms with Crippen LogP contribution in [0.5, 0.6) is 0 Å². The number of pyridine rings is 1. The van der Waals surface area contributed by atoms with Crippen LogP contribution in [0, 0.1) is 17.3 Å². The first-order valence-corrected chi connectivity index (χ1v) is 8.59. The molecule has 1 N–H and O–H groups in total. The number of carbonyl (C=O) groups is 1. The van der Waals surface area contributed by atoms with Crippen molar-refractivity contribution >= 4 is 22.5 Å². The summed E-state index contributed by atoms with van der Waals surface area (Å²) in [5, 5.41) is 4.11. The maximum Gasteiger partial charge on any atom is 0.227 e. The summed E-state index contributed by atoms with van der Waals surface area (Å²) < 4.78 is 0. The summed E-state index contributed by atoms with van der Waals surface area (Å²) in [6.07, 6.45) is 6.04. The van der Waals surface area contributed by atoms with Gasteiger partial charge in [-0.05, 0) is 49.1 Å². The Bertz CT molecular complexity index is 694. The van der Waals surface area contributed by atoms with Gasteiger partial charge >= 0.3 is 0 Å².